The lowest BCUT2D eigenvalue weighted by Crippen LogP contribution is -2.39. The highest BCUT2D eigenvalue weighted by molar-refractivity contribution is 6.01. The van der Waals surface area contributed by atoms with Crippen molar-refractivity contribution >= 4 is 17.3 Å². The number of anilines is 1. The Morgan fingerprint density at radius 2 is 1.88 bits per heavy atom. The van der Waals surface area contributed by atoms with Crippen molar-refractivity contribution in [1.82, 2.24) is 5.32 Å². The monoisotopic (exact) mass is 357 g/mol. The van der Waals surface area contributed by atoms with Gasteiger partial charge in [0.15, 0.2) is 0 Å². The normalized spacial score (nSPS) is 15.6. The second-order valence-electron chi connectivity index (χ2n) is 6.68. The predicted molar refractivity (Wildman–Crippen MR) is 96.4 cm³/mol. The van der Waals surface area contributed by atoms with E-state index in [4.69, 9.17) is 5.73 Å². The molecule has 3 N–H and O–H groups in total. The van der Waals surface area contributed by atoms with Crippen LogP contribution in [0.25, 0.3) is 0 Å². The highest BCUT2D eigenvalue weighted by atomic mass is 19.1. The molecule has 0 atom stereocenters. The lowest BCUT2D eigenvalue weighted by Gasteiger charge is -2.30. The molecular formula is C19H20FN3O3. The molecule has 3 rings (SSSR count). The SMILES string of the molecule is Nc1c(C(=O)NCC2(c3ccccc3)CCCC2)cc(F)cc1[N+](=O)[O-]. The number of nitro groups is 1. The van der Waals surface area contributed by atoms with Crippen LogP contribution in [0.15, 0.2) is 42.5 Å². The minimum atomic E-state index is -0.866. The van der Waals surface area contributed by atoms with E-state index in [0.29, 0.717) is 12.6 Å². The first-order chi connectivity index (χ1) is 12.4. The van der Waals surface area contributed by atoms with Gasteiger partial charge in [-0.3, -0.25) is 14.9 Å². The Balaban J connectivity index is 1.83. The number of carbonyl (C=O) groups excluding carboxylic acids is 1. The van der Waals surface area contributed by atoms with Crippen LogP contribution in [-0.2, 0) is 5.41 Å². The van der Waals surface area contributed by atoms with Crippen molar-refractivity contribution in [3.63, 3.8) is 0 Å². The fourth-order valence-electron chi connectivity index (χ4n) is 3.70. The summed E-state index contributed by atoms with van der Waals surface area (Å²) in [5.41, 5.74) is 5.55. The molecule has 0 heterocycles. The summed E-state index contributed by atoms with van der Waals surface area (Å²) in [4.78, 5) is 22.7. The van der Waals surface area contributed by atoms with Crippen molar-refractivity contribution in [2.24, 2.45) is 0 Å². The van der Waals surface area contributed by atoms with E-state index in [2.05, 4.69) is 5.32 Å². The second-order valence-corrected chi connectivity index (χ2v) is 6.68. The van der Waals surface area contributed by atoms with Gasteiger partial charge in [-0.15, -0.1) is 0 Å². The zero-order valence-electron chi connectivity index (χ0n) is 14.2. The highest BCUT2D eigenvalue weighted by Crippen LogP contribution is 2.40. The first-order valence-corrected chi connectivity index (χ1v) is 8.50. The van der Waals surface area contributed by atoms with Gasteiger partial charge in [0.2, 0.25) is 0 Å². The predicted octanol–water partition coefficient (Wildman–Crippen LogP) is 3.56. The number of rotatable bonds is 5. The number of hydrogen-bond acceptors (Lipinski definition) is 4. The average molecular weight is 357 g/mol. The van der Waals surface area contributed by atoms with Crippen molar-refractivity contribution in [1.29, 1.82) is 0 Å². The third-order valence-corrected chi connectivity index (χ3v) is 5.10. The molecule has 26 heavy (non-hydrogen) atoms. The number of amides is 1. The van der Waals surface area contributed by atoms with E-state index in [1.165, 1.54) is 0 Å². The van der Waals surface area contributed by atoms with Gasteiger partial charge in [-0.1, -0.05) is 43.2 Å². The number of nitrogens with zero attached hydrogens (tertiary/aromatic N) is 1. The maximum absolute atomic E-state index is 13.7. The minimum absolute atomic E-state index is 0.176. The Hall–Kier alpha value is -2.96. The molecule has 0 bridgehead atoms. The molecule has 0 aliphatic heterocycles. The van der Waals surface area contributed by atoms with Gasteiger partial charge >= 0.3 is 0 Å². The van der Waals surface area contributed by atoms with Gasteiger partial charge in [0.1, 0.15) is 11.5 Å². The van der Waals surface area contributed by atoms with Crippen LogP contribution in [0.2, 0.25) is 0 Å². The van der Waals surface area contributed by atoms with E-state index >= 15 is 0 Å². The number of benzene rings is 2. The molecule has 6 nitrogen and oxygen atoms in total. The van der Waals surface area contributed by atoms with Gasteiger partial charge in [-0.2, -0.15) is 0 Å². The zero-order valence-corrected chi connectivity index (χ0v) is 14.2. The molecule has 0 saturated heterocycles. The third kappa shape index (κ3) is 3.37. The van der Waals surface area contributed by atoms with E-state index in [1.807, 2.05) is 30.3 Å². The van der Waals surface area contributed by atoms with Gasteiger partial charge in [0.05, 0.1) is 16.6 Å². The molecule has 0 spiro atoms. The van der Waals surface area contributed by atoms with Crippen molar-refractivity contribution in [2.75, 3.05) is 12.3 Å². The van der Waals surface area contributed by atoms with Crippen molar-refractivity contribution in [2.45, 2.75) is 31.1 Å². The van der Waals surface area contributed by atoms with Gasteiger partial charge in [-0.25, -0.2) is 4.39 Å². The number of hydrogen-bond donors (Lipinski definition) is 2. The van der Waals surface area contributed by atoms with Crippen LogP contribution in [0.1, 0.15) is 41.6 Å². The largest absolute Gasteiger partial charge is 0.393 e. The second kappa shape index (κ2) is 7.11. The van der Waals surface area contributed by atoms with E-state index in [9.17, 15) is 19.3 Å². The van der Waals surface area contributed by atoms with Crippen molar-refractivity contribution < 1.29 is 14.1 Å². The van der Waals surface area contributed by atoms with E-state index in [-0.39, 0.29) is 16.7 Å². The van der Waals surface area contributed by atoms with Crippen LogP contribution < -0.4 is 11.1 Å². The molecule has 0 aromatic heterocycles. The summed E-state index contributed by atoms with van der Waals surface area (Å²) in [5.74, 6) is -1.47. The average Bonchev–Trinajstić information content (AvgIpc) is 3.12. The Morgan fingerprint density at radius 3 is 2.50 bits per heavy atom. The molecule has 1 fully saturated rings. The van der Waals surface area contributed by atoms with Crippen LogP contribution in [0, 0.1) is 15.9 Å². The Labute approximate surface area is 150 Å². The molecule has 136 valence electrons. The molecule has 1 saturated carbocycles. The van der Waals surface area contributed by atoms with E-state index in [0.717, 1.165) is 37.3 Å². The topological polar surface area (TPSA) is 98.3 Å². The van der Waals surface area contributed by atoms with Crippen LogP contribution >= 0.6 is 0 Å². The number of nitrogens with two attached hydrogens (primary N) is 1. The number of nitrogens with one attached hydrogen (secondary N) is 1. The summed E-state index contributed by atoms with van der Waals surface area (Å²) in [6, 6.07) is 11.6. The van der Waals surface area contributed by atoms with Crippen LogP contribution in [0.4, 0.5) is 15.8 Å². The molecule has 0 unspecified atom stereocenters. The number of carbonyl (C=O) groups is 1. The lowest BCUT2D eigenvalue weighted by molar-refractivity contribution is -0.384. The third-order valence-electron chi connectivity index (χ3n) is 5.10. The Morgan fingerprint density at radius 1 is 1.23 bits per heavy atom. The van der Waals surface area contributed by atoms with Gasteiger partial charge in [0, 0.05) is 12.0 Å². The number of nitrogen functional groups attached to an aromatic ring is 1. The van der Waals surface area contributed by atoms with Crippen molar-refractivity contribution in [3.05, 3.63) is 69.5 Å². The molecule has 1 aliphatic rings. The summed E-state index contributed by atoms with van der Waals surface area (Å²) in [7, 11) is 0. The first kappa shape index (κ1) is 17.8. The summed E-state index contributed by atoms with van der Waals surface area (Å²) in [5, 5.41) is 13.8. The lowest BCUT2D eigenvalue weighted by atomic mass is 9.79. The number of nitro benzene ring substituents is 1. The Bertz CT molecular complexity index is 833. The van der Waals surface area contributed by atoms with Crippen LogP contribution in [0.3, 0.4) is 0 Å². The molecule has 2 aromatic rings. The molecular weight excluding hydrogens is 337 g/mol. The maximum Gasteiger partial charge on any atom is 0.295 e. The van der Waals surface area contributed by atoms with Crippen molar-refractivity contribution in [3.8, 4) is 0 Å². The smallest absolute Gasteiger partial charge is 0.295 e. The fourth-order valence-corrected chi connectivity index (χ4v) is 3.70. The minimum Gasteiger partial charge on any atom is -0.393 e. The highest BCUT2D eigenvalue weighted by Gasteiger charge is 2.36. The first-order valence-electron chi connectivity index (χ1n) is 8.50. The van der Waals surface area contributed by atoms with Gasteiger partial charge in [0.25, 0.3) is 11.6 Å². The molecule has 1 aliphatic carbocycles. The van der Waals surface area contributed by atoms with Gasteiger partial charge in [-0.05, 0) is 24.5 Å². The standard InChI is InChI=1S/C19H20FN3O3/c20-14-10-15(17(21)16(11-14)23(25)26)18(24)22-12-19(8-4-5-9-19)13-6-2-1-3-7-13/h1-3,6-7,10-11H,4-5,8-9,12,21H2,(H,22,24). The quantitative estimate of drug-likeness (QED) is 0.485. The van der Waals surface area contributed by atoms with E-state index in [1.54, 1.807) is 0 Å². The summed E-state index contributed by atoms with van der Waals surface area (Å²) < 4.78 is 13.7. The Kier molecular flexibility index (Phi) is 4.88. The summed E-state index contributed by atoms with van der Waals surface area (Å²) in [6.45, 7) is 0.375. The molecule has 0 radical (unpaired) electrons. The summed E-state index contributed by atoms with van der Waals surface area (Å²) in [6.07, 6.45) is 4.02. The number of halogens is 1. The maximum atomic E-state index is 13.7. The molecule has 1 amide bonds. The zero-order chi connectivity index (χ0) is 18.7. The fraction of sp³-hybridized carbons (Fsp3) is 0.316. The van der Waals surface area contributed by atoms with Crippen LogP contribution in [0.5, 0.6) is 0 Å². The molecule has 2 aromatic carbocycles. The molecule has 7 heteroatoms. The van der Waals surface area contributed by atoms with Crippen LogP contribution in [-0.4, -0.2) is 17.4 Å². The summed E-state index contributed by atoms with van der Waals surface area (Å²) >= 11 is 0. The van der Waals surface area contributed by atoms with Gasteiger partial charge < -0.3 is 11.1 Å². The van der Waals surface area contributed by atoms with E-state index < -0.39 is 22.3 Å².